The fraction of sp³-hybridized carbons (Fsp3) is 0.450. The summed E-state index contributed by atoms with van der Waals surface area (Å²) >= 11 is 0. The van der Waals surface area contributed by atoms with E-state index in [1.807, 2.05) is 36.1 Å². The number of nitrogens with zero attached hydrogens (tertiary/aromatic N) is 6. The normalized spacial score (nSPS) is 16.7. The zero-order valence-electron chi connectivity index (χ0n) is 15.9. The van der Waals surface area contributed by atoms with Gasteiger partial charge in [0.15, 0.2) is 0 Å². The van der Waals surface area contributed by atoms with Crippen LogP contribution in [0.5, 0.6) is 0 Å². The summed E-state index contributed by atoms with van der Waals surface area (Å²) in [6.45, 7) is 3.85. The predicted molar refractivity (Wildman–Crippen MR) is 102 cm³/mol. The van der Waals surface area contributed by atoms with E-state index in [-0.39, 0.29) is 5.91 Å². The summed E-state index contributed by atoms with van der Waals surface area (Å²) in [6.07, 6.45) is 4.56. The minimum atomic E-state index is 0.0802. The fourth-order valence-corrected chi connectivity index (χ4v) is 4.01. The van der Waals surface area contributed by atoms with Gasteiger partial charge >= 0.3 is 0 Å². The van der Waals surface area contributed by atoms with Crippen LogP contribution >= 0.6 is 0 Å². The van der Waals surface area contributed by atoms with Crippen molar-refractivity contribution in [2.75, 3.05) is 6.54 Å². The Morgan fingerprint density at radius 1 is 1.25 bits per heavy atom. The zero-order valence-corrected chi connectivity index (χ0v) is 15.9. The number of rotatable bonds is 4. The molecule has 0 unspecified atom stereocenters. The minimum absolute atomic E-state index is 0.0802. The molecule has 0 atom stereocenters. The lowest BCUT2D eigenvalue weighted by Gasteiger charge is -2.30. The van der Waals surface area contributed by atoms with Crippen LogP contribution in [0.15, 0.2) is 24.3 Å². The van der Waals surface area contributed by atoms with Crippen LogP contribution in [0, 0.1) is 6.92 Å². The number of fused-ring (bicyclic) bond motifs is 1. The average Bonchev–Trinajstić information content (AvgIpc) is 3.27. The first-order valence-corrected chi connectivity index (χ1v) is 9.86. The van der Waals surface area contributed by atoms with Crippen LogP contribution in [0.2, 0.25) is 0 Å². The summed E-state index contributed by atoms with van der Waals surface area (Å²) in [6, 6.07) is 7.74. The Morgan fingerprint density at radius 3 is 2.75 bits per heavy atom. The van der Waals surface area contributed by atoms with E-state index in [9.17, 15) is 4.79 Å². The lowest BCUT2D eigenvalue weighted by atomic mass is 9.80. The first kappa shape index (κ1) is 17.1. The second kappa shape index (κ2) is 6.85. The van der Waals surface area contributed by atoms with Crippen LogP contribution in [-0.2, 0) is 19.5 Å². The number of aromatic nitrogens is 6. The van der Waals surface area contributed by atoms with E-state index < -0.39 is 0 Å². The van der Waals surface area contributed by atoms with Gasteiger partial charge in [-0.25, -0.2) is 4.68 Å². The number of tetrazole rings is 1. The Bertz CT molecular complexity index is 1000. The molecule has 1 fully saturated rings. The fourth-order valence-electron chi connectivity index (χ4n) is 4.01. The lowest BCUT2D eigenvalue weighted by molar-refractivity contribution is 0.0733. The first-order valence-electron chi connectivity index (χ1n) is 9.86. The molecule has 5 rings (SSSR count). The van der Waals surface area contributed by atoms with E-state index >= 15 is 0 Å². The van der Waals surface area contributed by atoms with E-state index in [1.165, 1.54) is 36.2 Å². The van der Waals surface area contributed by atoms with Gasteiger partial charge in [-0.1, -0.05) is 18.6 Å². The third-order valence-corrected chi connectivity index (χ3v) is 5.99. The topological polar surface area (TPSA) is 92.6 Å². The Morgan fingerprint density at radius 2 is 2.07 bits per heavy atom. The van der Waals surface area contributed by atoms with E-state index in [0.29, 0.717) is 24.6 Å². The molecule has 0 radical (unpaired) electrons. The third kappa shape index (κ3) is 2.98. The van der Waals surface area contributed by atoms with Crippen LogP contribution < -0.4 is 0 Å². The van der Waals surface area contributed by atoms with Gasteiger partial charge in [0, 0.05) is 42.2 Å². The lowest BCUT2D eigenvalue weighted by Crippen LogP contribution is -2.36. The molecular weight excluding hydrogens is 354 g/mol. The highest BCUT2D eigenvalue weighted by Gasteiger charge is 2.31. The van der Waals surface area contributed by atoms with Gasteiger partial charge < -0.3 is 4.90 Å². The molecule has 1 aromatic carbocycles. The quantitative estimate of drug-likeness (QED) is 0.753. The zero-order chi connectivity index (χ0) is 19.1. The highest BCUT2D eigenvalue weighted by atomic mass is 16.2. The number of benzene rings is 1. The van der Waals surface area contributed by atoms with Crippen LogP contribution in [0.25, 0.3) is 0 Å². The van der Waals surface area contributed by atoms with Gasteiger partial charge in [0.25, 0.3) is 5.91 Å². The summed E-state index contributed by atoms with van der Waals surface area (Å²) < 4.78 is 1.74. The number of aromatic amines is 1. The van der Waals surface area contributed by atoms with Crippen molar-refractivity contribution in [1.29, 1.82) is 0 Å². The molecule has 8 heteroatoms. The van der Waals surface area contributed by atoms with Crippen molar-refractivity contribution >= 4 is 5.91 Å². The molecule has 1 saturated carbocycles. The highest BCUT2D eigenvalue weighted by molar-refractivity contribution is 5.94. The Kier molecular flexibility index (Phi) is 4.18. The number of aryl methyl sites for hydroxylation is 1. The average molecular weight is 377 g/mol. The molecule has 1 N–H and O–H groups in total. The van der Waals surface area contributed by atoms with Gasteiger partial charge in [0.1, 0.15) is 5.82 Å². The second-order valence-corrected chi connectivity index (χ2v) is 7.75. The number of carbonyl (C=O) groups excluding carboxylic acids is 1. The highest BCUT2D eigenvalue weighted by Crippen LogP contribution is 2.38. The van der Waals surface area contributed by atoms with Crippen molar-refractivity contribution in [2.45, 2.75) is 51.6 Å². The van der Waals surface area contributed by atoms with Crippen molar-refractivity contribution in [3.05, 3.63) is 58.2 Å². The maximum atomic E-state index is 13.0. The maximum Gasteiger partial charge on any atom is 0.254 e. The van der Waals surface area contributed by atoms with Crippen molar-refractivity contribution in [2.24, 2.45) is 0 Å². The number of H-pyrrole nitrogens is 1. The van der Waals surface area contributed by atoms with Crippen LogP contribution in [0.3, 0.4) is 0 Å². The standard InChI is InChI=1S/C20H23N7O/c1-13-21-24-25-27(13)11-14-5-7-16(8-6-14)20(28)26-10-9-18-17(12-26)19(23-22-18)15-3-2-4-15/h5-8,15H,2-4,9-12H2,1H3,(H,22,23). The molecule has 0 bridgehead atoms. The monoisotopic (exact) mass is 377 g/mol. The molecule has 144 valence electrons. The summed E-state index contributed by atoms with van der Waals surface area (Å²) in [5.41, 5.74) is 5.42. The minimum Gasteiger partial charge on any atom is -0.334 e. The number of nitrogens with one attached hydrogen (secondary N) is 1. The molecule has 0 saturated heterocycles. The molecule has 1 aliphatic carbocycles. The van der Waals surface area contributed by atoms with E-state index in [1.54, 1.807) is 4.68 Å². The van der Waals surface area contributed by atoms with Gasteiger partial charge in [0.05, 0.1) is 12.2 Å². The van der Waals surface area contributed by atoms with Crippen molar-refractivity contribution in [1.82, 2.24) is 35.3 Å². The largest absolute Gasteiger partial charge is 0.334 e. The summed E-state index contributed by atoms with van der Waals surface area (Å²) in [7, 11) is 0. The molecule has 3 aromatic rings. The van der Waals surface area contributed by atoms with Crippen LogP contribution in [0.1, 0.15) is 63.9 Å². The van der Waals surface area contributed by atoms with Crippen LogP contribution in [-0.4, -0.2) is 47.8 Å². The Balaban J connectivity index is 1.30. The molecule has 1 amide bonds. The van der Waals surface area contributed by atoms with Gasteiger partial charge in [0.2, 0.25) is 0 Å². The predicted octanol–water partition coefficient (Wildman–Crippen LogP) is 2.22. The molecule has 28 heavy (non-hydrogen) atoms. The molecule has 8 nitrogen and oxygen atoms in total. The molecule has 1 aliphatic heterocycles. The number of carbonyl (C=O) groups is 1. The summed E-state index contributed by atoms with van der Waals surface area (Å²) in [5.74, 6) is 1.42. The van der Waals surface area contributed by atoms with Crippen molar-refractivity contribution in [3.8, 4) is 0 Å². The van der Waals surface area contributed by atoms with Crippen molar-refractivity contribution < 1.29 is 4.79 Å². The van der Waals surface area contributed by atoms with E-state index in [4.69, 9.17) is 0 Å². The van der Waals surface area contributed by atoms with Gasteiger partial charge in [-0.2, -0.15) is 5.10 Å². The summed E-state index contributed by atoms with van der Waals surface area (Å²) in [4.78, 5) is 15.0. The Labute approximate surface area is 162 Å². The van der Waals surface area contributed by atoms with Gasteiger partial charge in [-0.3, -0.25) is 9.89 Å². The van der Waals surface area contributed by atoms with Gasteiger partial charge in [-0.05, 0) is 47.9 Å². The van der Waals surface area contributed by atoms with E-state index in [0.717, 1.165) is 24.4 Å². The van der Waals surface area contributed by atoms with Crippen molar-refractivity contribution in [3.63, 3.8) is 0 Å². The SMILES string of the molecule is Cc1nnnn1Cc1ccc(C(=O)N2CCc3[nH]nc(C4CCC4)c3C2)cc1. The number of hydrogen-bond donors (Lipinski definition) is 1. The summed E-state index contributed by atoms with van der Waals surface area (Å²) in [5, 5.41) is 19.3. The number of amides is 1. The molecule has 2 aromatic heterocycles. The maximum absolute atomic E-state index is 13.0. The molecule has 0 spiro atoms. The van der Waals surface area contributed by atoms with Crippen LogP contribution in [0.4, 0.5) is 0 Å². The van der Waals surface area contributed by atoms with Gasteiger partial charge in [-0.15, -0.1) is 5.10 Å². The smallest absolute Gasteiger partial charge is 0.254 e. The molecule has 3 heterocycles. The number of hydrogen-bond acceptors (Lipinski definition) is 5. The second-order valence-electron chi connectivity index (χ2n) is 7.75. The third-order valence-electron chi connectivity index (χ3n) is 5.99. The first-order chi connectivity index (χ1) is 13.7. The Hall–Kier alpha value is -3.03. The van der Waals surface area contributed by atoms with E-state index in [2.05, 4.69) is 25.7 Å². The molecule has 2 aliphatic rings. The molecular formula is C20H23N7O.